The van der Waals surface area contributed by atoms with Crippen molar-refractivity contribution < 1.29 is 4.79 Å². The number of carbonyl (C=O) groups is 1. The third-order valence-corrected chi connectivity index (χ3v) is 7.15. The molecule has 0 saturated carbocycles. The molecule has 0 aliphatic heterocycles. The van der Waals surface area contributed by atoms with Crippen molar-refractivity contribution in [1.82, 2.24) is 9.97 Å². The van der Waals surface area contributed by atoms with E-state index in [1.54, 1.807) is 6.20 Å². The molecule has 0 atom stereocenters. The van der Waals surface area contributed by atoms with E-state index in [0.717, 1.165) is 35.3 Å². The summed E-state index contributed by atoms with van der Waals surface area (Å²) in [5, 5.41) is 3.46. The third-order valence-electron chi connectivity index (χ3n) is 5.37. The Bertz CT molecular complexity index is 1270. The lowest BCUT2D eigenvalue weighted by Crippen LogP contribution is -2.11. The molecule has 1 aliphatic rings. The third kappa shape index (κ3) is 3.97. The van der Waals surface area contributed by atoms with Crippen molar-refractivity contribution in [3.05, 3.63) is 87.2 Å². The average Bonchev–Trinajstić information content (AvgIpc) is 3.14. The van der Waals surface area contributed by atoms with E-state index in [1.165, 1.54) is 40.4 Å². The summed E-state index contributed by atoms with van der Waals surface area (Å²) < 4.78 is 0. The van der Waals surface area contributed by atoms with E-state index in [2.05, 4.69) is 39.6 Å². The van der Waals surface area contributed by atoms with Crippen molar-refractivity contribution in [2.45, 2.75) is 19.3 Å². The highest BCUT2D eigenvalue weighted by atomic mass is 35.5. The summed E-state index contributed by atoms with van der Waals surface area (Å²) in [6.07, 6.45) is 9.57. The fraction of sp³-hybridized carbons (Fsp3) is 0.125. The predicted octanol–water partition coefficient (Wildman–Crippen LogP) is 6.92. The van der Waals surface area contributed by atoms with Gasteiger partial charge >= 0.3 is 0 Å². The quantitative estimate of drug-likeness (QED) is 0.357. The number of benzene rings is 1. The number of aryl methyl sites for hydroxylation is 2. The molecule has 5 rings (SSSR count). The van der Waals surface area contributed by atoms with Crippen LogP contribution in [0.2, 0.25) is 10.0 Å². The Labute approximate surface area is 193 Å². The number of thiophene rings is 1. The first kappa shape index (κ1) is 20.2. The summed E-state index contributed by atoms with van der Waals surface area (Å²) in [7, 11) is 0. The molecule has 3 heterocycles. The SMILES string of the molecule is O=C(Nc1c(Cl)cncc1Cl)c1cc2c(s1)-c1cc(-c3cccnc3)ccc1CCC2. The van der Waals surface area contributed by atoms with Crippen LogP contribution in [-0.4, -0.2) is 15.9 Å². The normalized spacial score (nSPS) is 12.6. The molecule has 0 bridgehead atoms. The van der Waals surface area contributed by atoms with Gasteiger partial charge in [0.25, 0.3) is 5.91 Å². The van der Waals surface area contributed by atoms with Crippen LogP contribution in [0.5, 0.6) is 0 Å². The van der Waals surface area contributed by atoms with Gasteiger partial charge in [0.2, 0.25) is 0 Å². The maximum atomic E-state index is 13.0. The topological polar surface area (TPSA) is 54.9 Å². The molecule has 4 nitrogen and oxygen atoms in total. The number of carbonyl (C=O) groups excluding carboxylic acids is 1. The van der Waals surface area contributed by atoms with Gasteiger partial charge in [-0.05, 0) is 59.7 Å². The number of fused-ring (bicyclic) bond motifs is 3. The van der Waals surface area contributed by atoms with Crippen LogP contribution in [0.1, 0.15) is 27.2 Å². The number of amides is 1. The maximum Gasteiger partial charge on any atom is 0.265 e. The van der Waals surface area contributed by atoms with E-state index in [9.17, 15) is 4.79 Å². The Morgan fingerprint density at radius 1 is 0.935 bits per heavy atom. The van der Waals surface area contributed by atoms with Crippen LogP contribution in [0.3, 0.4) is 0 Å². The number of anilines is 1. The summed E-state index contributed by atoms with van der Waals surface area (Å²) in [5.41, 5.74) is 6.27. The first-order valence-electron chi connectivity index (χ1n) is 9.87. The van der Waals surface area contributed by atoms with Crippen molar-refractivity contribution in [3.63, 3.8) is 0 Å². The van der Waals surface area contributed by atoms with Crippen molar-refractivity contribution >= 4 is 46.1 Å². The van der Waals surface area contributed by atoms with Crippen LogP contribution < -0.4 is 5.32 Å². The summed E-state index contributed by atoms with van der Waals surface area (Å²) in [4.78, 5) is 22.9. The predicted molar refractivity (Wildman–Crippen MR) is 127 cm³/mol. The van der Waals surface area contributed by atoms with Gasteiger partial charge in [0.1, 0.15) is 0 Å². The largest absolute Gasteiger partial charge is 0.319 e. The number of hydrogen-bond donors (Lipinski definition) is 1. The maximum absolute atomic E-state index is 13.0. The Hall–Kier alpha value is -2.73. The van der Waals surface area contributed by atoms with E-state index >= 15 is 0 Å². The number of halogens is 2. The van der Waals surface area contributed by atoms with Crippen LogP contribution in [0.4, 0.5) is 5.69 Å². The highest BCUT2D eigenvalue weighted by Gasteiger charge is 2.22. The molecule has 0 radical (unpaired) electrons. The van der Waals surface area contributed by atoms with E-state index in [1.807, 2.05) is 18.3 Å². The van der Waals surface area contributed by atoms with Gasteiger partial charge < -0.3 is 5.32 Å². The minimum absolute atomic E-state index is 0.224. The molecule has 1 aromatic carbocycles. The van der Waals surface area contributed by atoms with Gasteiger partial charge in [-0.1, -0.05) is 41.4 Å². The second-order valence-corrected chi connectivity index (χ2v) is 9.23. The fourth-order valence-electron chi connectivity index (χ4n) is 3.85. The molecule has 1 amide bonds. The molecular formula is C24H17Cl2N3OS. The summed E-state index contributed by atoms with van der Waals surface area (Å²) in [6, 6.07) is 12.5. The molecule has 154 valence electrons. The molecule has 3 aromatic heterocycles. The zero-order chi connectivity index (χ0) is 21.4. The second kappa shape index (κ2) is 8.42. The van der Waals surface area contributed by atoms with Crippen molar-refractivity contribution in [3.8, 4) is 21.6 Å². The Kier molecular flexibility index (Phi) is 5.48. The van der Waals surface area contributed by atoms with E-state index in [0.29, 0.717) is 20.6 Å². The number of hydrogen-bond acceptors (Lipinski definition) is 4. The molecule has 0 unspecified atom stereocenters. The van der Waals surface area contributed by atoms with Gasteiger partial charge in [0.05, 0.1) is 20.6 Å². The van der Waals surface area contributed by atoms with E-state index in [-0.39, 0.29) is 5.91 Å². The van der Waals surface area contributed by atoms with Gasteiger partial charge in [-0.2, -0.15) is 0 Å². The molecule has 0 fully saturated rings. The van der Waals surface area contributed by atoms with Crippen molar-refractivity contribution in [2.75, 3.05) is 5.32 Å². The number of rotatable bonds is 3. The Balaban J connectivity index is 1.53. The molecule has 0 spiro atoms. The van der Waals surface area contributed by atoms with Crippen LogP contribution >= 0.6 is 34.5 Å². The second-order valence-electron chi connectivity index (χ2n) is 7.36. The molecule has 1 aliphatic carbocycles. The number of nitrogens with one attached hydrogen (secondary N) is 1. The Morgan fingerprint density at radius 3 is 2.52 bits per heavy atom. The molecule has 4 aromatic rings. The van der Waals surface area contributed by atoms with Crippen molar-refractivity contribution in [1.29, 1.82) is 0 Å². The van der Waals surface area contributed by atoms with Gasteiger partial charge in [-0.25, -0.2) is 0 Å². The highest BCUT2D eigenvalue weighted by Crippen LogP contribution is 2.41. The lowest BCUT2D eigenvalue weighted by Gasteiger charge is -2.10. The summed E-state index contributed by atoms with van der Waals surface area (Å²) in [5.74, 6) is -0.224. The molecular weight excluding hydrogens is 449 g/mol. The zero-order valence-corrected chi connectivity index (χ0v) is 18.7. The van der Waals surface area contributed by atoms with Crippen LogP contribution in [0.15, 0.2) is 61.2 Å². The number of nitrogens with zero attached hydrogens (tertiary/aromatic N) is 2. The molecule has 0 saturated heterocycles. The highest BCUT2D eigenvalue weighted by molar-refractivity contribution is 7.17. The van der Waals surface area contributed by atoms with Gasteiger partial charge in [0.15, 0.2) is 0 Å². The smallest absolute Gasteiger partial charge is 0.265 e. The number of aromatic nitrogens is 2. The first-order chi connectivity index (χ1) is 15.1. The minimum atomic E-state index is -0.224. The van der Waals surface area contributed by atoms with Crippen LogP contribution in [0, 0.1) is 0 Å². The number of pyridine rings is 2. The zero-order valence-electron chi connectivity index (χ0n) is 16.4. The monoisotopic (exact) mass is 465 g/mol. The molecule has 7 heteroatoms. The van der Waals surface area contributed by atoms with Gasteiger partial charge in [0, 0.05) is 35.2 Å². The standard InChI is InChI=1S/C24H17Cl2N3OS/c25-19-12-28-13-20(26)22(19)29-24(30)21-10-16-4-1-3-14-6-7-15(9-18(14)23(16)31-21)17-5-2-8-27-11-17/h2,5-13H,1,3-4H2,(H,28,29,30). The first-order valence-corrected chi connectivity index (χ1v) is 11.4. The average molecular weight is 466 g/mol. The summed E-state index contributed by atoms with van der Waals surface area (Å²) in [6.45, 7) is 0. The van der Waals surface area contributed by atoms with Crippen LogP contribution in [0.25, 0.3) is 21.6 Å². The fourth-order valence-corrected chi connectivity index (χ4v) is 5.46. The molecule has 1 N–H and O–H groups in total. The summed E-state index contributed by atoms with van der Waals surface area (Å²) >= 11 is 13.8. The Morgan fingerprint density at radius 2 is 1.74 bits per heavy atom. The molecule has 31 heavy (non-hydrogen) atoms. The van der Waals surface area contributed by atoms with Crippen LogP contribution in [-0.2, 0) is 12.8 Å². The van der Waals surface area contributed by atoms with E-state index < -0.39 is 0 Å². The van der Waals surface area contributed by atoms with Crippen molar-refractivity contribution in [2.24, 2.45) is 0 Å². The lowest BCUT2D eigenvalue weighted by atomic mass is 9.98. The van der Waals surface area contributed by atoms with Gasteiger partial charge in [-0.15, -0.1) is 11.3 Å². The van der Waals surface area contributed by atoms with Gasteiger partial charge in [-0.3, -0.25) is 14.8 Å². The van der Waals surface area contributed by atoms with E-state index in [4.69, 9.17) is 23.2 Å². The minimum Gasteiger partial charge on any atom is -0.319 e. The lowest BCUT2D eigenvalue weighted by molar-refractivity contribution is 0.103.